The summed E-state index contributed by atoms with van der Waals surface area (Å²) in [6, 6.07) is 20.7. The van der Waals surface area contributed by atoms with E-state index in [-0.39, 0.29) is 0 Å². The third-order valence-electron chi connectivity index (χ3n) is 5.90. The molecule has 6 rings (SSSR count). The lowest BCUT2D eigenvalue weighted by Crippen LogP contribution is -1.90. The number of aromatic nitrogens is 4. The quantitative estimate of drug-likeness (QED) is 0.324. The number of ether oxygens (including phenoxy) is 1. The molecule has 0 radical (unpaired) electrons. The summed E-state index contributed by atoms with van der Waals surface area (Å²) < 4.78 is 5.48. The van der Waals surface area contributed by atoms with Gasteiger partial charge in [0.05, 0.1) is 29.9 Å². The van der Waals surface area contributed by atoms with E-state index >= 15 is 0 Å². The van der Waals surface area contributed by atoms with Gasteiger partial charge < -0.3 is 14.7 Å². The van der Waals surface area contributed by atoms with Gasteiger partial charge >= 0.3 is 0 Å². The molecule has 5 heterocycles. The topological polar surface area (TPSA) is 66.6 Å². The molecule has 1 aromatic carbocycles. The van der Waals surface area contributed by atoms with Crippen LogP contribution in [-0.4, -0.2) is 27.0 Å². The Hall–Kier alpha value is -4.38. The molecule has 8 bridgehead atoms. The number of nitrogens with one attached hydrogen (secondary N) is 2. The van der Waals surface area contributed by atoms with Crippen LogP contribution in [0, 0.1) is 6.92 Å². The van der Waals surface area contributed by atoms with E-state index < -0.39 is 0 Å². The van der Waals surface area contributed by atoms with Crippen LogP contribution in [-0.2, 0) is 0 Å². The first-order valence-electron chi connectivity index (χ1n) is 10.9. The first-order chi connectivity index (χ1) is 16.1. The molecule has 0 unspecified atom stereocenters. The summed E-state index contributed by atoms with van der Waals surface area (Å²) in [7, 11) is 1.70. The fourth-order valence-corrected chi connectivity index (χ4v) is 4.35. The van der Waals surface area contributed by atoms with Crippen LogP contribution in [0.3, 0.4) is 0 Å². The number of fused-ring (bicyclic) bond motifs is 8. The van der Waals surface area contributed by atoms with Gasteiger partial charge in [-0.2, -0.15) is 0 Å². The lowest BCUT2D eigenvalue weighted by Gasteiger charge is -2.09. The lowest BCUT2D eigenvalue weighted by molar-refractivity contribution is 0.412. The minimum Gasteiger partial charge on any atom is -0.496 e. The maximum atomic E-state index is 5.48. The molecule has 33 heavy (non-hydrogen) atoms. The highest BCUT2D eigenvalue weighted by Gasteiger charge is 2.12. The van der Waals surface area contributed by atoms with Crippen LogP contribution in [0.1, 0.15) is 28.3 Å². The highest BCUT2D eigenvalue weighted by atomic mass is 16.5. The van der Waals surface area contributed by atoms with Gasteiger partial charge in [-0.15, -0.1) is 0 Å². The summed E-state index contributed by atoms with van der Waals surface area (Å²) in [4.78, 5) is 16.7. The molecule has 0 spiro atoms. The molecule has 0 atom stereocenters. The van der Waals surface area contributed by atoms with Gasteiger partial charge in [0.25, 0.3) is 0 Å². The molecule has 0 amide bonds. The Kier molecular flexibility index (Phi) is 4.47. The van der Waals surface area contributed by atoms with E-state index in [1.54, 1.807) is 7.11 Å². The van der Waals surface area contributed by atoms with E-state index in [4.69, 9.17) is 14.7 Å². The molecule has 3 aromatic heterocycles. The number of benzene rings is 1. The van der Waals surface area contributed by atoms with Gasteiger partial charge in [-0.1, -0.05) is 6.07 Å². The molecule has 0 aliphatic carbocycles. The second kappa shape index (κ2) is 7.64. The maximum absolute atomic E-state index is 5.48. The van der Waals surface area contributed by atoms with Crippen molar-refractivity contribution in [2.75, 3.05) is 7.11 Å². The average Bonchev–Trinajstić information content (AvgIpc) is 3.60. The zero-order valence-electron chi connectivity index (χ0n) is 18.4. The highest BCUT2D eigenvalue weighted by Crippen LogP contribution is 2.32. The largest absolute Gasteiger partial charge is 0.496 e. The molecule has 2 aliphatic heterocycles. The van der Waals surface area contributed by atoms with Gasteiger partial charge in [0.15, 0.2) is 0 Å². The van der Waals surface area contributed by atoms with Gasteiger partial charge in [0, 0.05) is 27.6 Å². The van der Waals surface area contributed by atoms with Crippen molar-refractivity contribution in [1.82, 2.24) is 19.9 Å². The van der Waals surface area contributed by atoms with Crippen molar-refractivity contribution in [2.24, 2.45) is 0 Å². The summed E-state index contributed by atoms with van der Waals surface area (Å²) in [5.41, 5.74) is 10.9. The summed E-state index contributed by atoms with van der Waals surface area (Å²) >= 11 is 0. The monoisotopic (exact) mass is 430 g/mol. The van der Waals surface area contributed by atoms with Gasteiger partial charge in [-0.3, -0.25) is 0 Å². The van der Waals surface area contributed by atoms with Crippen molar-refractivity contribution in [3.05, 3.63) is 89.0 Å². The summed E-state index contributed by atoms with van der Waals surface area (Å²) in [5.74, 6) is 0.870. The molecule has 160 valence electrons. The number of hydrogen-bond acceptors (Lipinski definition) is 3. The van der Waals surface area contributed by atoms with Crippen LogP contribution in [0.25, 0.3) is 57.5 Å². The number of methoxy groups -OCH3 is 1. The molecule has 0 saturated carbocycles. The molecule has 0 saturated heterocycles. The van der Waals surface area contributed by atoms with E-state index in [9.17, 15) is 0 Å². The zero-order valence-corrected chi connectivity index (χ0v) is 18.4. The molecule has 2 N–H and O–H groups in total. The Labute approximate surface area is 191 Å². The first-order valence-corrected chi connectivity index (χ1v) is 10.9. The van der Waals surface area contributed by atoms with Gasteiger partial charge in [-0.05, 0) is 97.0 Å². The standard InChI is InChI=1S/C28H22N4O/c1-17-13-18(3-12-27(17)33-2)28-25-10-8-23(31-25)15-21-6-4-19(29-21)14-20-5-7-22(30-20)16-24-9-11-26(28)32-24/h3-16,29,32H,1-2H3. The number of nitrogens with zero attached hydrogens (tertiary/aromatic N) is 2. The normalized spacial score (nSPS) is 12.3. The van der Waals surface area contributed by atoms with Crippen molar-refractivity contribution in [3.63, 3.8) is 0 Å². The second-order valence-corrected chi connectivity index (χ2v) is 8.24. The van der Waals surface area contributed by atoms with Crippen molar-refractivity contribution >= 4 is 46.4 Å². The number of aromatic amines is 2. The van der Waals surface area contributed by atoms with Gasteiger partial charge in [0.1, 0.15) is 5.75 Å². The number of H-pyrrole nitrogens is 2. The fraction of sp³-hybridized carbons (Fsp3) is 0.0714. The Morgan fingerprint density at radius 2 is 1.30 bits per heavy atom. The van der Waals surface area contributed by atoms with E-state index in [1.807, 2.05) is 24.3 Å². The van der Waals surface area contributed by atoms with Gasteiger partial charge in [0.2, 0.25) is 0 Å². The van der Waals surface area contributed by atoms with Crippen molar-refractivity contribution in [3.8, 4) is 16.9 Å². The Morgan fingerprint density at radius 1 is 0.667 bits per heavy atom. The number of aryl methyl sites for hydroxylation is 1. The molecule has 5 heteroatoms. The second-order valence-electron chi connectivity index (χ2n) is 8.24. The lowest BCUT2D eigenvalue weighted by atomic mass is 10.0. The Bertz CT molecular complexity index is 1620. The zero-order chi connectivity index (χ0) is 22.4. The number of rotatable bonds is 2. The van der Waals surface area contributed by atoms with Crippen molar-refractivity contribution in [2.45, 2.75) is 6.92 Å². The van der Waals surface area contributed by atoms with Crippen LogP contribution in [0.4, 0.5) is 0 Å². The third-order valence-corrected chi connectivity index (χ3v) is 5.90. The summed E-state index contributed by atoms with van der Waals surface area (Å²) in [5, 5.41) is 0. The molecular formula is C28H22N4O. The third kappa shape index (κ3) is 3.64. The fourth-order valence-electron chi connectivity index (χ4n) is 4.35. The predicted molar refractivity (Wildman–Crippen MR) is 136 cm³/mol. The smallest absolute Gasteiger partial charge is 0.121 e. The van der Waals surface area contributed by atoms with E-state index in [0.717, 1.165) is 67.3 Å². The average molecular weight is 431 g/mol. The first kappa shape index (κ1) is 19.3. The predicted octanol–water partition coefficient (Wildman–Crippen LogP) is 6.64. The molecule has 5 nitrogen and oxygen atoms in total. The van der Waals surface area contributed by atoms with E-state index in [0.29, 0.717) is 0 Å². The summed E-state index contributed by atoms with van der Waals surface area (Å²) in [6.45, 7) is 2.06. The Morgan fingerprint density at radius 3 is 2.00 bits per heavy atom. The van der Waals surface area contributed by atoms with Crippen LogP contribution in [0.5, 0.6) is 5.75 Å². The van der Waals surface area contributed by atoms with Crippen LogP contribution in [0.15, 0.2) is 60.7 Å². The van der Waals surface area contributed by atoms with Crippen LogP contribution in [0.2, 0.25) is 0 Å². The van der Waals surface area contributed by atoms with E-state index in [1.165, 1.54) is 0 Å². The van der Waals surface area contributed by atoms with E-state index in [2.05, 4.69) is 77.6 Å². The van der Waals surface area contributed by atoms with Crippen LogP contribution >= 0.6 is 0 Å². The number of hydrogen-bond donors (Lipinski definition) is 2. The maximum Gasteiger partial charge on any atom is 0.121 e. The SMILES string of the molecule is COc1ccc(-c2c3nc(cc4ccc(cc5nc(cc6ccc2[nH]6)C=C5)[nH]4)C=C3)cc1C. The minimum atomic E-state index is 0.870. The van der Waals surface area contributed by atoms with Gasteiger partial charge in [-0.25, -0.2) is 9.97 Å². The molecule has 0 fully saturated rings. The summed E-state index contributed by atoms with van der Waals surface area (Å²) in [6.07, 6.45) is 8.18. The van der Waals surface area contributed by atoms with Crippen molar-refractivity contribution < 1.29 is 4.74 Å². The molecule has 2 aliphatic rings. The van der Waals surface area contributed by atoms with Crippen LogP contribution < -0.4 is 4.74 Å². The highest BCUT2D eigenvalue weighted by molar-refractivity contribution is 5.91. The molecule has 4 aromatic rings. The van der Waals surface area contributed by atoms with Crippen molar-refractivity contribution in [1.29, 1.82) is 0 Å². The minimum absolute atomic E-state index is 0.870. The Balaban J connectivity index is 1.69. The molecular weight excluding hydrogens is 408 g/mol.